The molecule has 5 nitrogen and oxygen atoms in total. The molecule has 2 amide bonds. The third-order valence-electron chi connectivity index (χ3n) is 4.35. The fourth-order valence-corrected chi connectivity index (χ4v) is 3.31. The zero-order valence-corrected chi connectivity index (χ0v) is 18.4. The zero-order chi connectivity index (χ0) is 23.3. The standard InChI is InChI=1S/C23H18BrF3N2O3/c1-14-10-17(24)8-9-20(14)32-13-21(30)28-18-6-2-4-15(11-18)22(31)29-19-7-3-5-16(12-19)23(25,26)27/h2-12H,13H2,1H3,(H,28,30)(H,29,31). The van der Waals surface area contributed by atoms with Gasteiger partial charge in [-0.05, 0) is 67.1 Å². The van der Waals surface area contributed by atoms with Crippen LogP contribution >= 0.6 is 15.9 Å². The maximum Gasteiger partial charge on any atom is 0.416 e. The molecule has 0 atom stereocenters. The summed E-state index contributed by atoms with van der Waals surface area (Å²) in [6, 6.07) is 15.8. The molecular formula is C23H18BrF3N2O3. The number of ether oxygens (including phenoxy) is 1. The van der Waals surface area contributed by atoms with Gasteiger partial charge < -0.3 is 15.4 Å². The average molecular weight is 507 g/mol. The fraction of sp³-hybridized carbons (Fsp3) is 0.130. The summed E-state index contributed by atoms with van der Waals surface area (Å²) in [5.41, 5.74) is 0.531. The number of alkyl halides is 3. The van der Waals surface area contributed by atoms with Gasteiger partial charge in [0.25, 0.3) is 11.8 Å². The van der Waals surface area contributed by atoms with Gasteiger partial charge in [-0.15, -0.1) is 0 Å². The van der Waals surface area contributed by atoms with Gasteiger partial charge in [0, 0.05) is 21.4 Å². The van der Waals surface area contributed by atoms with Gasteiger partial charge in [-0.2, -0.15) is 13.2 Å². The second-order valence-electron chi connectivity index (χ2n) is 6.86. The van der Waals surface area contributed by atoms with Gasteiger partial charge in [0.1, 0.15) is 5.75 Å². The van der Waals surface area contributed by atoms with Gasteiger partial charge in [-0.1, -0.05) is 28.1 Å². The minimum atomic E-state index is -4.51. The Balaban J connectivity index is 1.62. The highest BCUT2D eigenvalue weighted by atomic mass is 79.9. The van der Waals surface area contributed by atoms with E-state index in [1.54, 1.807) is 24.3 Å². The van der Waals surface area contributed by atoms with Crippen LogP contribution in [0.5, 0.6) is 5.75 Å². The first kappa shape index (κ1) is 23.3. The van der Waals surface area contributed by atoms with Crippen LogP contribution in [0.1, 0.15) is 21.5 Å². The van der Waals surface area contributed by atoms with E-state index in [1.165, 1.54) is 24.3 Å². The monoisotopic (exact) mass is 506 g/mol. The third kappa shape index (κ3) is 6.34. The third-order valence-corrected chi connectivity index (χ3v) is 4.85. The first-order valence-electron chi connectivity index (χ1n) is 9.39. The quantitative estimate of drug-likeness (QED) is 0.427. The lowest BCUT2D eigenvalue weighted by Gasteiger charge is -2.12. The van der Waals surface area contributed by atoms with Crippen LogP contribution in [0, 0.1) is 6.92 Å². The number of anilines is 2. The fourth-order valence-electron chi connectivity index (χ4n) is 2.83. The van der Waals surface area contributed by atoms with Crippen LogP contribution in [0.3, 0.4) is 0 Å². The van der Waals surface area contributed by atoms with Gasteiger partial charge in [0.2, 0.25) is 0 Å². The molecule has 0 unspecified atom stereocenters. The molecular weight excluding hydrogens is 489 g/mol. The second kappa shape index (κ2) is 9.86. The predicted molar refractivity (Wildman–Crippen MR) is 119 cm³/mol. The van der Waals surface area contributed by atoms with Crippen LogP contribution in [0.4, 0.5) is 24.5 Å². The summed E-state index contributed by atoms with van der Waals surface area (Å²) in [6.45, 7) is 1.62. The van der Waals surface area contributed by atoms with Gasteiger partial charge in [-0.3, -0.25) is 9.59 Å². The molecule has 0 aliphatic rings. The maximum absolute atomic E-state index is 12.8. The molecule has 166 valence electrons. The number of aryl methyl sites for hydroxylation is 1. The molecule has 0 aliphatic carbocycles. The predicted octanol–water partition coefficient (Wildman–Crippen LogP) is 6.05. The van der Waals surface area contributed by atoms with Crippen LogP contribution in [0.15, 0.2) is 71.2 Å². The number of benzene rings is 3. The van der Waals surface area contributed by atoms with Crippen LogP contribution < -0.4 is 15.4 Å². The number of nitrogens with one attached hydrogen (secondary N) is 2. The van der Waals surface area contributed by atoms with Crippen molar-refractivity contribution in [3.8, 4) is 5.75 Å². The van der Waals surface area contributed by atoms with E-state index in [-0.39, 0.29) is 17.9 Å². The molecule has 2 N–H and O–H groups in total. The van der Waals surface area contributed by atoms with Crippen LogP contribution in [-0.4, -0.2) is 18.4 Å². The Bertz CT molecular complexity index is 1150. The lowest BCUT2D eigenvalue weighted by atomic mass is 10.1. The minimum absolute atomic E-state index is 0.0116. The summed E-state index contributed by atoms with van der Waals surface area (Å²) in [5.74, 6) is -0.470. The number of hydrogen-bond donors (Lipinski definition) is 2. The highest BCUT2D eigenvalue weighted by Crippen LogP contribution is 2.30. The normalized spacial score (nSPS) is 11.0. The van der Waals surface area contributed by atoms with Crippen molar-refractivity contribution in [2.45, 2.75) is 13.1 Å². The molecule has 0 heterocycles. The number of halogens is 4. The second-order valence-corrected chi connectivity index (χ2v) is 7.78. The molecule has 0 bridgehead atoms. The van der Waals surface area contributed by atoms with Crippen molar-refractivity contribution in [1.29, 1.82) is 0 Å². The molecule has 0 spiro atoms. The van der Waals surface area contributed by atoms with E-state index in [0.29, 0.717) is 11.4 Å². The number of hydrogen-bond acceptors (Lipinski definition) is 3. The highest BCUT2D eigenvalue weighted by molar-refractivity contribution is 9.10. The van der Waals surface area contributed by atoms with Crippen molar-refractivity contribution >= 4 is 39.1 Å². The van der Waals surface area contributed by atoms with E-state index in [9.17, 15) is 22.8 Å². The van der Waals surface area contributed by atoms with Gasteiger partial charge in [-0.25, -0.2) is 0 Å². The molecule has 0 radical (unpaired) electrons. The molecule has 0 aliphatic heterocycles. The van der Waals surface area contributed by atoms with Crippen molar-refractivity contribution < 1.29 is 27.5 Å². The lowest BCUT2D eigenvalue weighted by Crippen LogP contribution is -2.21. The number of carbonyl (C=O) groups excluding carboxylic acids is 2. The Labute approximate surface area is 190 Å². The first-order chi connectivity index (χ1) is 15.1. The van der Waals surface area contributed by atoms with Crippen molar-refractivity contribution in [2.75, 3.05) is 17.2 Å². The Kier molecular flexibility index (Phi) is 7.19. The Morgan fingerprint density at radius 1 is 0.938 bits per heavy atom. The van der Waals surface area contributed by atoms with E-state index in [0.717, 1.165) is 22.2 Å². The summed E-state index contributed by atoms with van der Waals surface area (Å²) in [7, 11) is 0. The summed E-state index contributed by atoms with van der Waals surface area (Å²) < 4.78 is 45.0. The molecule has 0 fully saturated rings. The molecule has 0 aromatic heterocycles. The largest absolute Gasteiger partial charge is 0.483 e. The Morgan fingerprint density at radius 3 is 2.31 bits per heavy atom. The van der Waals surface area contributed by atoms with E-state index in [4.69, 9.17) is 4.74 Å². The molecule has 3 aromatic rings. The zero-order valence-electron chi connectivity index (χ0n) is 16.8. The van der Waals surface area contributed by atoms with E-state index in [2.05, 4.69) is 26.6 Å². The molecule has 0 saturated carbocycles. The van der Waals surface area contributed by atoms with E-state index in [1.807, 2.05) is 13.0 Å². The summed E-state index contributed by atoms with van der Waals surface area (Å²) in [4.78, 5) is 24.7. The number of amides is 2. The minimum Gasteiger partial charge on any atom is -0.483 e. The molecule has 9 heteroatoms. The number of rotatable bonds is 6. The van der Waals surface area contributed by atoms with Crippen LogP contribution in [0.25, 0.3) is 0 Å². The summed E-state index contributed by atoms with van der Waals surface area (Å²) >= 11 is 3.35. The van der Waals surface area contributed by atoms with Crippen molar-refractivity contribution in [3.63, 3.8) is 0 Å². The Hall–Kier alpha value is -3.33. The lowest BCUT2D eigenvalue weighted by molar-refractivity contribution is -0.137. The Morgan fingerprint density at radius 2 is 1.62 bits per heavy atom. The van der Waals surface area contributed by atoms with E-state index >= 15 is 0 Å². The van der Waals surface area contributed by atoms with Crippen molar-refractivity contribution in [1.82, 2.24) is 0 Å². The van der Waals surface area contributed by atoms with Crippen molar-refractivity contribution in [3.05, 3.63) is 87.9 Å². The van der Waals surface area contributed by atoms with Crippen LogP contribution in [0.2, 0.25) is 0 Å². The summed E-state index contributed by atoms with van der Waals surface area (Å²) in [6.07, 6.45) is -4.51. The summed E-state index contributed by atoms with van der Waals surface area (Å²) in [5, 5.41) is 5.06. The van der Waals surface area contributed by atoms with Crippen LogP contribution in [-0.2, 0) is 11.0 Å². The topological polar surface area (TPSA) is 67.4 Å². The first-order valence-corrected chi connectivity index (χ1v) is 10.2. The maximum atomic E-state index is 12.8. The SMILES string of the molecule is Cc1cc(Br)ccc1OCC(=O)Nc1cccc(C(=O)Nc2cccc(C(F)(F)F)c2)c1. The number of carbonyl (C=O) groups is 2. The molecule has 3 rings (SSSR count). The van der Waals surface area contributed by atoms with Crippen molar-refractivity contribution in [2.24, 2.45) is 0 Å². The highest BCUT2D eigenvalue weighted by Gasteiger charge is 2.30. The van der Waals surface area contributed by atoms with Gasteiger partial charge >= 0.3 is 6.18 Å². The molecule has 32 heavy (non-hydrogen) atoms. The molecule has 0 saturated heterocycles. The van der Waals surface area contributed by atoms with Gasteiger partial charge in [0.05, 0.1) is 5.56 Å². The average Bonchev–Trinajstić information content (AvgIpc) is 2.73. The smallest absolute Gasteiger partial charge is 0.416 e. The van der Waals surface area contributed by atoms with E-state index < -0.39 is 23.6 Å². The van der Waals surface area contributed by atoms with Gasteiger partial charge in [0.15, 0.2) is 6.61 Å². The molecule has 3 aromatic carbocycles.